The van der Waals surface area contributed by atoms with Crippen molar-refractivity contribution in [2.75, 3.05) is 24.5 Å². The molecule has 1 atom stereocenters. The van der Waals surface area contributed by atoms with Gasteiger partial charge in [0, 0.05) is 43.7 Å². The first-order chi connectivity index (χ1) is 14.0. The van der Waals surface area contributed by atoms with Crippen molar-refractivity contribution in [2.45, 2.75) is 38.6 Å². The molecule has 1 aliphatic heterocycles. The smallest absolute Gasteiger partial charge is 0.226 e. The van der Waals surface area contributed by atoms with Crippen LogP contribution in [-0.2, 0) is 4.79 Å². The van der Waals surface area contributed by atoms with Crippen molar-refractivity contribution in [2.24, 2.45) is 5.92 Å². The van der Waals surface area contributed by atoms with Crippen LogP contribution in [0.5, 0.6) is 11.6 Å². The lowest BCUT2D eigenvalue weighted by Crippen LogP contribution is -2.55. The van der Waals surface area contributed by atoms with E-state index in [9.17, 15) is 9.18 Å². The lowest BCUT2D eigenvalue weighted by atomic mass is 10.0. The first-order valence-electron chi connectivity index (χ1n) is 10.0. The zero-order chi connectivity index (χ0) is 20.4. The molecule has 2 aliphatic rings. The molecule has 0 spiro atoms. The van der Waals surface area contributed by atoms with E-state index in [1.165, 1.54) is 24.5 Å². The lowest BCUT2D eigenvalue weighted by molar-refractivity contribution is -0.137. The second-order valence-corrected chi connectivity index (χ2v) is 8.11. The van der Waals surface area contributed by atoms with Crippen LogP contribution in [0.15, 0.2) is 30.6 Å². The first kappa shape index (κ1) is 19.9. The fourth-order valence-electron chi connectivity index (χ4n) is 4.12. The van der Waals surface area contributed by atoms with Crippen LogP contribution in [0.25, 0.3) is 0 Å². The highest BCUT2D eigenvalue weighted by atomic mass is 35.5. The van der Waals surface area contributed by atoms with Gasteiger partial charge in [0.05, 0.1) is 5.02 Å². The third-order valence-electron chi connectivity index (χ3n) is 5.68. The largest absolute Gasteiger partial charge is 0.439 e. The molecule has 0 N–H and O–H groups in total. The molecule has 2 aromatic rings. The number of carbonyl (C=O) groups is 1. The number of carbonyl (C=O) groups excluding carboxylic acids is 1. The summed E-state index contributed by atoms with van der Waals surface area (Å²) < 4.78 is 19.0. The van der Waals surface area contributed by atoms with Gasteiger partial charge in [0.2, 0.25) is 11.8 Å². The van der Waals surface area contributed by atoms with Gasteiger partial charge in [-0.3, -0.25) is 4.79 Å². The zero-order valence-corrected chi connectivity index (χ0v) is 17.1. The number of ether oxygens (including phenoxy) is 1. The van der Waals surface area contributed by atoms with Gasteiger partial charge in [-0.2, -0.15) is 0 Å². The van der Waals surface area contributed by atoms with E-state index in [1.54, 1.807) is 6.07 Å². The Morgan fingerprint density at radius 2 is 2.00 bits per heavy atom. The number of hydrogen-bond acceptors (Lipinski definition) is 5. The van der Waals surface area contributed by atoms with Crippen molar-refractivity contribution in [3.63, 3.8) is 0 Å². The highest BCUT2D eigenvalue weighted by molar-refractivity contribution is 6.30. The van der Waals surface area contributed by atoms with Gasteiger partial charge in [-0.1, -0.05) is 24.4 Å². The van der Waals surface area contributed by atoms with E-state index in [2.05, 4.69) is 21.8 Å². The lowest BCUT2D eigenvalue weighted by Gasteiger charge is -2.41. The van der Waals surface area contributed by atoms with Crippen LogP contribution in [0.4, 0.5) is 10.2 Å². The third-order valence-corrected chi connectivity index (χ3v) is 5.97. The summed E-state index contributed by atoms with van der Waals surface area (Å²) in [7, 11) is 0. The van der Waals surface area contributed by atoms with Crippen LogP contribution in [0, 0.1) is 11.7 Å². The summed E-state index contributed by atoms with van der Waals surface area (Å²) in [6, 6.07) is 6.03. The summed E-state index contributed by atoms with van der Waals surface area (Å²) >= 11 is 5.81. The molecule has 1 amide bonds. The molecule has 2 fully saturated rings. The molecule has 6 nitrogen and oxygen atoms in total. The van der Waals surface area contributed by atoms with Gasteiger partial charge < -0.3 is 14.5 Å². The predicted octanol–water partition coefficient (Wildman–Crippen LogP) is 4.29. The monoisotopic (exact) mass is 418 g/mol. The quantitative estimate of drug-likeness (QED) is 0.741. The molecule has 0 bridgehead atoms. The maximum Gasteiger partial charge on any atom is 0.226 e. The maximum atomic E-state index is 13.3. The van der Waals surface area contributed by atoms with E-state index in [0.717, 1.165) is 31.5 Å². The summed E-state index contributed by atoms with van der Waals surface area (Å²) in [5.74, 6) is 1.50. The topological polar surface area (TPSA) is 58.6 Å². The Bertz CT molecular complexity index is 891. The van der Waals surface area contributed by atoms with E-state index in [0.29, 0.717) is 37.2 Å². The molecule has 0 unspecified atom stereocenters. The number of hydrogen-bond donors (Lipinski definition) is 0. The zero-order valence-electron chi connectivity index (χ0n) is 16.4. The van der Waals surface area contributed by atoms with Crippen molar-refractivity contribution < 1.29 is 13.9 Å². The summed E-state index contributed by atoms with van der Waals surface area (Å²) in [6.45, 7) is 4.18. The highest BCUT2D eigenvalue weighted by Gasteiger charge is 2.33. The third kappa shape index (κ3) is 4.45. The number of nitrogens with zero attached hydrogens (tertiary/aromatic N) is 4. The van der Waals surface area contributed by atoms with Crippen LogP contribution in [0.2, 0.25) is 5.02 Å². The molecule has 8 heteroatoms. The number of rotatable bonds is 4. The maximum absolute atomic E-state index is 13.3. The van der Waals surface area contributed by atoms with E-state index < -0.39 is 5.82 Å². The number of anilines is 1. The van der Waals surface area contributed by atoms with E-state index in [1.807, 2.05) is 4.90 Å². The minimum absolute atomic E-state index is 0.00587. The molecule has 154 valence electrons. The second-order valence-electron chi connectivity index (χ2n) is 7.70. The Hall–Kier alpha value is -2.41. The molecule has 1 saturated carbocycles. The molecular weight excluding hydrogens is 395 g/mol. The minimum atomic E-state index is -0.499. The normalized spacial score (nSPS) is 20.2. The average Bonchev–Trinajstić information content (AvgIpc) is 3.25. The Labute approximate surface area is 174 Å². The van der Waals surface area contributed by atoms with Crippen LogP contribution < -0.4 is 9.64 Å². The number of halogens is 2. The van der Waals surface area contributed by atoms with Crippen molar-refractivity contribution in [3.05, 3.63) is 41.4 Å². The number of piperazine rings is 1. The van der Waals surface area contributed by atoms with Crippen molar-refractivity contribution >= 4 is 23.3 Å². The average molecular weight is 419 g/mol. The van der Waals surface area contributed by atoms with E-state index in [4.69, 9.17) is 16.3 Å². The molecule has 0 radical (unpaired) electrons. The Kier molecular flexibility index (Phi) is 5.85. The van der Waals surface area contributed by atoms with Gasteiger partial charge in [-0.15, -0.1) is 0 Å². The molecular formula is C21H24ClFN4O2. The Morgan fingerprint density at radius 1 is 1.21 bits per heavy atom. The van der Waals surface area contributed by atoms with Crippen LogP contribution in [0.3, 0.4) is 0 Å². The fraction of sp³-hybridized carbons (Fsp3) is 0.476. The molecule has 1 aliphatic carbocycles. The van der Waals surface area contributed by atoms with Gasteiger partial charge in [-0.25, -0.2) is 14.4 Å². The van der Waals surface area contributed by atoms with E-state index >= 15 is 0 Å². The molecule has 1 aromatic carbocycles. The standard InChI is InChI=1S/C21H24ClFN4O2/c1-14-12-26(8-9-27(14)21(28)15-4-2-3-5-15)19-11-20(25-13-24-19)29-16-6-7-18(23)17(22)10-16/h6-7,10-11,13-15H,2-5,8-9,12H2,1H3/t14-/m1/s1. The van der Waals surface area contributed by atoms with Crippen LogP contribution in [0.1, 0.15) is 32.6 Å². The number of benzene rings is 1. The summed E-state index contributed by atoms with van der Waals surface area (Å²) in [6.07, 6.45) is 5.80. The first-order valence-corrected chi connectivity index (χ1v) is 10.4. The predicted molar refractivity (Wildman–Crippen MR) is 109 cm³/mol. The molecule has 1 aromatic heterocycles. The van der Waals surface area contributed by atoms with Gasteiger partial charge >= 0.3 is 0 Å². The van der Waals surface area contributed by atoms with E-state index in [-0.39, 0.29) is 17.0 Å². The molecule has 2 heterocycles. The Balaban J connectivity index is 1.42. The van der Waals surface area contributed by atoms with Crippen molar-refractivity contribution in [1.82, 2.24) is 14.9 Å². The Morgan fingerprint density at radius 3 is 2.72 bits per heavy atom. The van der Waals surface area contributed by atoms with Gasteiger partial charge in [0.1, 0.15) is 23.7 Å². The number of amides is 1. The van der Waals surface area contributed by atoms with Gasteiger partial charge in [0.15, 0.2) is 0 Å². The molecule has 4 rings (SSSR count). The molecule has 1 saturated heterocycles. The summed E-state index contributed by atoms with van der Waals surface area (Å²) in [4.78, 5) is 25.4. The van der Waals surface area contributed by atoms with Gasteiger partial charge in [0.25, 0.3) is 0 Å². The second kappa shape index (κ2) is 8.53. The number of aromatic nitrogens is 2. The van der Waals surface area contributed by atoms with Crippen LogP contribution in [-0.4, -0.2) is 46.5 Å². The molecule has 29 heavy (non-hydrogen) atoms. The summed E-state index contributed by atoms with van der Waals surface area (Å²) in [5.41, 5.74) is 0. The van der Waals surface area contributed by atoms with Crippen molar-refractivity contribution in [3.8, 4) is 11.6 Å². The van der Waals surface area contributed by atoms with Gasteiger partial charge in [-0.05, 0) is 31.9 Å². The summed E-state index contributed by atoms with van der Waals surface area (Å²) in [5, 5.41) is -0.00587. The highest BCUT2D eigenvalue weighted by Crippen LogP contribution is 2.30. The fourth-order valence-corrected chi connectivity index (χ4v) is 4.29. The van der Waals surface area contributed by atoms with Crippen molar-refractivity contribution in [1.29, 1.82) is 0 Å². The SMILES string of the molecule is C[C@@H]1CN(c2cc(Oc3ccc(F)c(Cl)c3)ncn2)CCN1C(=O)C1CCCC1. The minimum Gasteiger partial charge on any atom is -0.439 e. The van der Waals surface area contributed by atoms with Crippen LogP contribution >= 0.6 is 11.6 Å².